The third kappa shape index (κ3) is 3.77. The number of ether oxygens (including phenoxy) is 1. The summed E-state index contributed by atoms with van der Waals surface area (Å²) in [6.45, 7) is 0.907. The fraction of sp³-hybridized carbons (Fsp3) is 0.350. The van der Waals surface area contributed by atoms with E-state index in [4.69, 9.17) is 4.74 Å². The van der Waals surface area contributed by atoms with E-state index in [9.17, 15) is 9.90 Å². The largest absolute Gasteiger partial charge is 0.497 e. The number of hydrogen-bond donors (Lipinski definition) is 1. The van der Waals surface area contributed by atoms with Gasteiger partial charge < -0.3 is 14.7 Å². The summed E-state index contributed by atoms with van der Waals surface area (Å²) in [5.41, 5.74) is 2.26. The van der Waals surface area contributed by atoms with Gasteiger partial charge in [0.2, 0.25) is 5.91 Å². The van der Waals surface area contributed by atoms with Crippen molar-refractivity contribution in [2.75, 3.05) is 20.3 Å². The van der Waals surface area contributed by atoms with Crippen LogP contribution < -0.4 is 4.74 Å². The quantitative estimate of drug-likeness (QED) is 0.851. The molecule has 0 aromatic heterocycles. The highest BCUT2D eigenvalue weighted by Gasteiger charge is 2.45. The average Bonchev–Trinajstić information content (AvgIpc) is 3.42. The van der Waals surface area contributed by atoms with Crippen LogP contribution >= 0.6 is 0 Å². The van der Waals surface area contributed by atoms with Gasteiger partial charge in [0.1, 0.15) is 5.75 Å². The normalized spacial score (nSPS) is 18.9. The van der Waals surface area contributed by atoms with E-state index >= 15 is 0 Å². The minimum absolute atomic E-state index is 0.0154. The Morgan fingerprint density at radius 3 is 2.50 bits per heavy atom. The molecule has 4 heteroatoms. The zero-order chi connectivity index (χ0) is 16.9. The molecule has 2 atom stereocenters. The Morgan fingerprint density at radius 1 is 1.17 bits per heavy atom. The molecule has 0 aliphatic heterocycles. The minimum Gasteiger partial charge on any atom is -0.497 e. The van der Waals surface area contributed by atoms with Crippen molar-refractivity contribution in [1.29, 1.82) is 0 Å². The van der Waals surface area contributed by atoms with Gasteiger partial charge in [-0.05, 0) is 35.6 Å². The maximum absolute atomic E-state index is 12.8. The Kier molecular flexibility index (Phi) is 5.16. The highest BCUT2D eigenvalue weighted by atomic mass is 16.5. The Morgan fingerprint density at radius 2 is 1.88 bits per heavy atom. The monoisotopic (exact) mass is 325 g/mol. The fourth-order valence-corrected chi connectivity index (χ4v) is 3.11. The van der Waals surface area contributed by atoms with Gasteiger partial charge in [-0.25, -0.2) is 0 Å². The standard InChI is InChI=1S/C20H23NO3/c1-24-17-9-7-16(8-10-17)18-13-19(18)20(23)21(11-12-22)14-15-5-3-2-4-6-15/h2-10,18-19,22H,11-14H2,1H3. The second-order valence-corrected chi connectivity index (χ2v) is 6.19. The lowest BCUT2D eigenvalue weighted by atomic mass is 10.1. The fourth-order valence-electron chi connectivity index (χ4n) is 3.11. The Balaban J connectivity index is 1.65. The molecule has 2 aromatic rings. The average molecular weight is 325 g/mol. The number of hydrogen-bond acceptors (Lipinski definition) is 3. The summed E-state index contributed by atoms with van der Waals surface area (Å²) in [5.74, 6) is 1.26. The van der Waals surface area contributed by atoms with Crippen molar-refractivity contribution in [3.63, 3.8) is 0 Å². The lowest BCUT2D eigenvalue weighted by Crippen LogP contribution is -2.34. The third-order valence-electron chi connectivity index (χ3n) is 4.55. The zero-order valence-electron chi connectivity index (χ0n) is 13.9. The number of carbonyl (C=O) groups is 1. The number of nitrogens with zero attached hydrogens (tertiary/aromatic N) is 1. The summed E-state index contributed by atoms with van der Waals surface area (Å²) in [4.78, 5) is 14.6. The van der Waals surface area contributed by atoms with E-state index in [-0.39, 0.29) is 24.3 Å². The topological polar surface area (TPSA) is 49.8 Å². The van der Waals surface area contributed by atoms with E-state index in [1.807, 2.05) is 54.6 Å². The van der Waals surface area contributed by atoms with Gasteiger partial charge in [0.15, 0.2) is 0 Å². The van der Waals surface area contributed by atoms with Crippen LogP contribution in [0.2, 0.25) is 0 Å². The predicted octanol–water partition coefficient (Wildman–Crippen LogP) is 2.82. The van der Waals surface area contributed by atoms with E-state index in [0.29, 0.717) is 13.1 Å². The van der Waals surface area contributed by atoms with E-state index in [1.54, 1.807) is 12.0 Å². The molecular weight excluding hydrogens is 302 g/mol. The summed E-state index contributed by atoms with van der Waals surface area (Å²) >= 11 is 0. The maximum atomic E-state index is 12.8. The van der Waals surface area contributed by atoms with Crippen molar-refractivity contribution in [2.45, 2.75) is 18.9 Å². The molecule has 1 N–H and O–H groups in total. The van der Waals surface area contributed by atoms with Crippen LogP contribution in [0.5, 0.6) is 5.75 Å². The van der Waals surface area contributed by atoms with Gasteiger partial charge in [-0.1, -0.05) is 42.5 Å². The number of benzene rings is 2. The molecule has 0 saturated heterocycles. The molecule has 1 aliphatic carbocycles. The molecule has 1 fully saturated rings. The summed E-state index contributed by atoms with van der Waals surface area (Å²) in [7, 11) is 1.65. The number of aliphatic hydroxyl groups excluding tert-OH is 1. The first-order chi connectivity index (χ1) is 11.7. The first kappa shape index (κ1) is 16.5. The number of rotatable bonds is 7. The molecule has 1 saturated carbocycles. The summed E-state index contributed by atoms with van der Waals surface area (Å²) in [6, 6.07) is 17.8. The Labute approximate surface area is 142 Å². The van der Waals surface area contributed by atoms with Gasteiger partial charge in [0, 0.05) is 19.0 Å². The Bertz CT molecular complexity index is 669. The molecule has 1 amide bonds. The maximum Gasteiger partial charge on any atom is 0.226 e. The Hall–Kier alpha value is -2.33. The third-order valence-corrected chi connectivity index (χ3v) is 4.55. The van der Waals surface area contributed by atoms with Crippen molar-refractivity contribution in [3.8, 4) is 5.75 Å². The van der Waals surface area contributed by atoms with Crippen molar-refractivity contribution >= 4 is 5.91 Å². The molecule has 0 heterocycles. The van der Waals surface area contributed by atoms with Crippen molar-refractivity contribution < 1.29 is 14.6 Å². The smallest absolute Gasteiger partial charge is 0.226 e. The van der Waals surface area contributed by atoms with Gasteiger partial charge in [-0.2, -0.15) is 0 Å². The van der Waals surface area contributed by atoms with Crippen molar-refractivity contribution in [2.24, 2.45) is 5.92 Å². The molecule has 4 nitrogen and oxygen atoms in total. The van der Waals surface area contributed by atoms with Gasteiger partial charge in [0.25, 0.3) is 0 Å². The highest BCUT2D eigenvalue weighted by molar-refractivity contribution is 5.83. The summed E-state index contributed by atoms with van der Waals surface area (Å²) < 4.78 is 5.18. The van der Waals surface area contributed by atoms with E-state index in [2.05, 4.69) is 0 Å². The van der Waals surface area contributed by atoms with Gasteiger partial charge >= 0.3 is 0 Å². The molecule has 0 bridgehead atoms. The second kappa shape index (κ2) is 7.49. The van der Waals surface area contributed by atoms with Crippen LogP contribution in [0.15, 0.2) is 54.6 Å². The molecular formula is C20H23NO3. The van der Waals surface area contributed by atoms with Crippen LogP contribution in [0.4, 0.5) is 0 Å². The lowest BCUT2D eigenvalue weighted by molar-refractivity contribution is -0.133. The van der Waals surface area contributed by atoms with Crippen LogP contribution in [-0.4, -0.2) is 36.2 Å². The van der Waals surface area contributed by atoms with Crippen molar-refractivity contribution in [3.05, 3.63) is 65.7 Å². The van der Waals surface area contributed by atoms with Crippen LogP contribution in [0.1, 0.15) is 23.5 Å². The lowest BCUT2D eigenvalue weighted by Gasteiger charge is -2.22. The summed E-state index contributed by atoms with van der Waals surface area (Å²) in [6.07, 6.45) is 0.877. The number of carbonyl (C=O) groups excluding carboxylic acids is 1. The summed E-state index contributed by atoms with van der Waals surface area (Å²) in [5, 5.41) is 9.30. The predicted molar refractivity (Wildman–Crippen MR) is 92.8 cm³/mol. The SMILES string of the molecule is COc1ccc(C2CC2C(=O)N(CCO)Cc2ccccc2)cc1. The van der Waals surface area contributed by atoms with Crippen LogP contribution in [0.25, 0.3) is 0 Å². The first-order valence-electron chi connectivity index (χ1n) is 8.30. The van der Waals surface area contributed by atoms with Gasteiger partial charge in [-0.3, -0.25) is 4.79 Å². The number of amides is 1. The number of aliphatic hydroxyl groups is 1. The molecule has 0 radical (unpaired) electrons. The molecule has 2 unspecified atom stereocenters. The number of methoxy groups -OCH3 is 1. The zero-order valence-corrected chi connectivity index (χ0v) is 13.9. The minimum atomic E-state index is -0.0154. The van der Waals surface area contributed by atoms with E-state index < -0.39 is 0 Å². The second-order valence-electron chi connectivity index (χ2n) is 6.19. The first-order valence-corrected chi connectivity index (χ1v) is 8.30. The molecule has 0 spiro atoms. The molecule has 3 rings (SSSR count). The van der Waals surface area contributed by atoms with Crippen LogP contribution in [0, 0.1) is 5.92 Å². The van der Waals surface area contributed by atoms with Gasteiger partial charge in [-0.15, -0.1) is 0 Å². The van der Waals surface area contributed by atoms with Gasteiger partial charge in [0.05, 0.1) is 13.7 Å². The molecule has 126 valence electrons. The molecule has 2 aromatic carbocycles. The highest BCUT2D eigenvalue weighted by Crippen LogP contribution is 2.48. The van der Waals surface area contributed by atoms with E-state index in [1.165, 1.54) is 5.56 Å². The van der Waals surface area contributed by atoms with Crippen LogP contribution in [-0.2, 0) is 11.3 Å². The van der Waals surface area contributed by atoms with E-state index in [0.717, 1.165) is 17.7 Å². The molecule has 24 heavy (non-hydrogen) atoms. The van der Waals surface area contributed by atoms with Crippen LogP contribution in [0.3, 0.4) is 0 Å². The van der Waals surface area contributed by atoms with Crippen molar-refractivity contribution in [1.82, 2.24) is 4.90 Å². The molecule has 1 aliphatic rings.